The first-order valence-electron chi connectivity index (χ1n) is 9.35. The molecule has 1 N–H and O–H groups in total. The van der Waals surface area contributed by atoms with E-state index >= 15 is 0 Å². The van der Waals surface area contributed by atoms with E-state index < -0.39 is 0 Å². The number of hydrogen-bond acceptors (Lipinski definition) is 4. The zero-order valence-corrected chi connectivity index (χ0v) is 16.7. The molecule has 1 atom stereocenters. The lowest BCUT2D eigenvalue weighted by Crippen LogP contribution is -2.27. The molecule has 28 heavy (non-hydrogen) atoms. The number of thiazole rings is 1. The number of nitrogens with one attached hydrogen (secondary N) is 1. The lowest BCUT2D eigenvalue weighted by molar-refractivity contribution is -0.121. The number of para-hydroxylation sites is 2. The molecular weight excluding hydrogens is 368 g/mol. The van der Waals surface area contributed by atoms with Crippen molar-refractivity contribution in [1.82, 2.24) is 20.1 Å². The van der Waals surface area contributed by atoms with Crippen LogP contribution in [0.15, 0.2) is 60.8 Å². The number of fused-ring (bicyclic) bond motifs is 1. The third kappa shape index (κ3) is 3.82. The largest absolute Gasteiger partial charge is 0.349 e. The minimum Gasteiger partial charge on any atom is -0.349 e. The molecule has 1 unspecified atom stereocenters. The van der Waals surface area contributed by atoms with E-state index in [9.17, 15) is 4.79 Å². The summed E-state index contributed by atoms with van der Waals surface area (Å²) in [4.78, 5) is 17.0. The van der Waals surface area contributed by atoms with E-state index in [2.05, 4.69) is 21.5 Å². The maximum Gasteiger partial charge on any atom is 0.220 e. The first-order valence-corrected chi connectivity index (χ1v) is 10.2. The molecule has 4 aromatic rings. The minimum absolute atomic E-state index is 0.0265. The van der Waals surface area contributed by atoms with Crippen LogP contribution in [0.4, 0.5) is 0 Å². The van der Waals surface area contributed by atoms with Crippen molar-refractivity contribution >= 4 is 27.5 Å². The minimum atomic E-state index is -0.0969. The van der Waals surface area contributed by atoms with Crippen molar-refractivity contribution in [3.63, 3.8) is 0 Å². The molecule has 2 aromatic heterocycles. The predicted octanol–water partition coefficient (Wildman–Crippen LogP) is 4.60. The van der Waals surface area contributed by atoms with E-state index in [0.717, 1.165) is 32.2 Å². The van der Waals surface area contributed by atoms with Crippen molar-refractivity contribution in [2.75, 3.05) is 0 Å². The van der Waals surface area contributed by atoms with Gasteiger partial charge in [-0.25, -0.2) is 9.67 Å². The number of aromatic nitrogens is 3. The second-order valence-corrected chi connectivity index (χ2v) is 7.91. The molecule has 0 spiro atoms. The first-order chi connectivity index (χ1) is 13.6. The van der Waals surface area contributed by atoms with Crippen LogP contribution in [0, 0.1) is 6.92 Å². The zero-order valence-electron chi connectivity index (χ0n) is 15.9. The van der Waals surface area contributed by atoms with Crippen LogP contribution in [0.25, 0.3) is 15.9 Å². The van der Waals surface area contributed by atoms with Crippen molar-refractivity contribution in [3.05, 3.63) is 77.1 Å². The van der Waals surface area contributed by atoms with Gasteiger partial charge >= 0.3 is 0 Å². The van der Waals surface area contributed by atoms with Crippen molar-refractivity contribution < 1.29 is 4.79 Å². The molecule has 1 amide bonds. The number of carbonyl (C=O) groups excluding carboxylic acids is 1. The lowest BCUT2D eigenvalue weighted by Gasteiger charge is -2.14. The number of carbonyl (C=O) groups is 1. The highest BCUT2D eigenvalue weighted by Crippen LogP contribution is 2.23. The highest BCUT2D eigenvalue weighted by atomic mass is 32.1. The number of hydrogen-bond donors (Lipinski definition) is 1. The number of benzene rings is 2. The van der Waals surface area contributed by atoms with E-state index in [1.165, 1.54) is 0 Å². The van der Waals surface area contributed by atoms with Gasteiger partial charge in [-0.05, 0) is 38.1 Å². The summed E-state index contributed by atoms with van der Waals surface area (Å²) in [6.07, 6.45) is 2.91. The standard InChI is InChI=1S/C22H22N4OS/c1-15(18-14-23-26(16(18)2)17-8-4-3-5-9-17)24-21(27)12-13-22-25-19-10-6-7-11-20(19)28-22/h3-11,14-15H,12-13H2,1-2H3,(H,24,27). The predicted molar refractivity (Wildman–Crippen MR) is 113 cm³/mol. The molecule has 4 rings (SSSR count). The first kappa shape index (κ1) is 18.4. The molecule has 0 aliphatic carbocycles. The molecule has 2 aromatic carbocycles. The highest BCUT2D eigenvalue weighted by molar-refractivity contribution is 7.18. The number of aryl methyl sites for hydroxylation is 1. The Labute approximate surface area is 168 Å². The fourth-order valence-electron chi connectivity index (χ4n) is 3.32. The normalized spacial score (nSPS) is 12.2. The Balaban J connectivity index is 1.38. The molecule has 6 heteroatoms. The molecular formula is C22H22N4OS. The molecule has 0 aliphatic heterocycles. The van der Waals surface area contributed by atoms with E-state index in [1.54, 1.807) is 11.3 Å². The Morgan fingerprint density at radius 2 is 1.89 bits per heavy atom. The van der Waals surface area contributed by atoms with Gasteiger partial charge in [0, 0.05) is 24.1 Å². The number of nitrogens with zero attached hydrogens (tertiary/aromatic N) is 3. The van der Waals surface area contributed by atoms with Gasteiger partial charge in [0.25, 0.3) is 0 Å². The van der Waals surface area contributed by atoms with Gasteiger partial charge < -0.3 is 5.32 Å². The molecule has 0 radical (unpaired) electrons. The average molecular weight is 391 g/mol. The zero-order chi connectivity index (χ0) is 19.5. The Morgan fingerprint density at radius 3 is 2.68 bits per heavy atom. The fourth-order valence-corrected chi connectivity index (χ4v) is 4.28. The maximum absolute atomic E-state index is 12.4. The summed E-state index contributed by atoms with van der Waals surface area (Å²) < 4.78 is 3.06. The molecule has 0 saturated carbocycles. The molecule has 5 nitrogen and oxygen atoms in total. The van der Waals surface area contributed by atoms with E-state index in [0.29, 0.717) is 12.8 Å². The van der Waals surface area contributed by atoms with Crippen molar-refractivity contribution in [3.8, 4) is 5.69 Å². The Morgan fingerprint density at radius 1 is 1.14 bits per heavy atom. The average Bonchev–Trinajstić information content (AvgIpc) is 3.30. The van der Waals surface area contributed by atoms with Crippen molar-refractivity contribution in [2.45, 2.75) is 32.7 Å². The Kier molecular flexibility index (Phi) is 5.21. The lowest BCUT2D eigenvalue weighted by atomic mass is 10.1. The van der Waals surface area contributed by atoms with Gasteiger partial charge in [-0.1, -0.05) is 30.3 Å². The van der Waals surface area contributed by atoms with Crippen LogP contribution >= 0.6 is 11.3 Å². The van der Waals surface area contributed by atoms with E-state index in [-0.39, 0.29) is 11.9 Å². The van der Waals surface area contributed by atoms with Gasteiger partial charge in [-0.2, -0.15) is 5.10 Å². The van der Waals surface area contributed by atoms with Crippen LogP contribution in [-0.2, 0) is 11.2 Å². The van der Waals surface area contributed by atoms with Crippen LogP contribution in [0.3, 0.4) is 0 Å². The molecule has 0 aliphatic rings. The topological polar surface area (TPSA) is 59.8 Å². The van der Waals surface area contributed by atoms with Crippen molar-refractivity contribution in [1.29, 1.82) is 0 Å². The van der Waals surface area contributed by atoms with Crippen LogP contribution in [0.2, 0.25) is 0 Å². The van der Waals surface area contributed by atoms with E-state index in [4.69, 9.17) is 0 Å². The summed E-state index contributed by atoms with van der Waals surface area (Å²) in [6.45, 7) is 4.02. The van der Waals surface area contributed by atoms with Crippen LogP contribution in [-0.4, -0.2) is 20.7 Å². The smallest absolute Gasteiger partial charge is 0.220 e. The summed E-state index contributed by atoms with van der Waals surface area (Å²) in [5.41, 5.74) is 4.07. The molecule has 0 fully saturated rings. The number of rotatable bonds is 6. The molecule has 2 heterocycles. The summed E-state index contributed by atoms with van der Waals surface area (Å²) in [7, 11) is 0. The summed E-state index contributed by atoms with van der Waals surface area (Å²) >= 11 is 1.65. The third-order valence-electron chi connectivity index (χ3n) is 4.80. The maximum atomic E-state index is 12.4. The molecule has 0 saturated heterocycles. The second kappa shape index (κ2) is 7.94. The van der Waals surface area contributed by atoms with Gasteiger partial charge in [-0.15, -0.1) is 11.3 Å². The Hall–Kier alpha value is -2.99. The third-order valence-corrected chi connectivity index (χ3v) is 5.89. The van der Waals surface area contributed by atoms with Crippen molar-refractivity contribution in [2.24, 2.45) is 0 Å². The number of amides is 1. The van der Waals surface area contributed by atoms with Gasteiger partial charge in [0.2, 0.25) is 5.91 Å². The molecule has 0 bridgehead atoms. The molecule has 142 valence electrons. The van der Waals surface area contributed by atoms with Crippen LogP contribution in [0.1, 0.15) is 35.7 Å². The van der Waals surface area contributed by atoms with Gasteiger partial charge in [0.15, 0.2) is 0 Å². The fraction of sp³-hybridized carbons (Fsp3) is 0.227. The quantitative estimate of drug-likeness (QED) is 0.523. The van der Waals surface area contributed by atoms with Gasteiger partial charge in [0.05, 0.1) is 33.2 Å². The van der Waals surface area contributed by atoms with E-state index in [1.807, 2.05) is 73.3 Å². The monoisotopic (exact) mass is 390 g/mol. The summed E-state index contributed by atoms with van der Waals surface area (Å²) in [5.74, 6) is 0.0265. The second-order valence-electron chi connectivity index (χ2n) is 6.80. The van der Waals surface area contributed by atoms with Gasteiger partial charge in [-0.3, -0.25) is 4.79 Å². The highest BCUT2D eigenvalue weighted by Gasteiger charge is 2.16. The van der Waals surface area contributed by atoms with Gasteiger partial charge in [0.1, 0.15) is 0 Å². The van der Waals surface area contributed by atoms with Crippen LogP contribution < -0.4 is 5.32 Å². The summed E-state index contributed by atoms with van der Waals surface area (Å²) in [5, 5.41) is 8.58. The SMILES string of the molecule is Cc1c(C(C)NC(=O)CCc2nc3ccccc3s2)cnn1-c1ccccc1. The summed E-state index contributed by atoms with van der Waals surface area (Å²) in [6, 6.07) is 18.0. The van der Waals surface area contributed by atoms with Crippen LogP contribution in [0.5, 0.6) is 0 Å². The Bertz CT molecular complexity index is 1070.